The first kappa shape index (κ1) is 17.2. The highest BCUT2D eigenvalue weighted by molar-refractivity contribution is 9.10. The largest absolute Gasteiger partial charge is 0.461 e. The van der Waals surface area contributed by atoms with Gasteiger partial charge in [0.15, 0.2) is 11.5 Å². The third kappa shape index (κ3) is 4.24. The Morgan fingerprint density at radius 1 is 1.28 bits per heavy atom. The van der Waals surface area contributed by atoms with Crippen LogP contribution in [-0.2, 0) is 0 Å². The quantitative estimate of drug-likeness (QED) is 0.614. The fourth-order valence-electron chi connectivity index (χ4n) is 2.38. The summed E-state index contributed by atoms with van der Waals surface area (Å²) in [4.78, 5) is 24.3. The Morgan fingerprint density at radius 3 is 2.72 bits per heavy atom. The molecule has 7 heteroatoms. The molecule has 128 valence electrons. The average Bonchev–Trinajstić information content (AvgIpc) is 3.27. The first-order valence-corrected chi connectivity index (χ1v) is 8.51. The Kier molecular flexibility index (Phi) is 5.14. The van der Waals surface area contributed by atoms with E-state index >= 15 is 0 Å². The van der Waals surface area contributed by atoms with Gasteiger partial charge in [0, 0.05) is 22.5 Å². The van der Waals surface area contributed by atoms with Crippen molar-refractivity contribution < 1.29 is 14.0 Å². The van der Waals surface area contributed by atoms with Gasteiger partial charge in [0.1, 0.15) is 5.69 Å². The number of carbonyl (C=O) groups is 2. The standard InChI is InChI=1S/C18H16BrN3O3/c1-11(9-16(23)17-3-2-8-25-17)20-18(24)15-10-14(21-22-15)12-4-6-13(19)7-5-12/h2-8,10-11H,9H2,1H3,(H,20,24)(H,21,22)/t11-/m1/s1. The Morgan fingerprint density at radius 2 is 2.04 bits per heavy atom. The molecular formula is C18H16BrN3O3. The van der Waals surface area contributed by atoms with Gasteiger partial charge in [0.2, 0.25) is 0 Å². The lowest BCUT2D eigenvalue weighted by molar-refractivity contribution is 0.0904. The van der Waals surface area contributed by atoms with Gasteiger partial charge in [-0.25, -0.2) is 0 Å². The first-order chi connectivity index (χ1) is 12.0. The van der Waals surface area contributed by atoms with Gasteiger partial charge in [-0.3, -0.25) is 14.7 Å². The molecule has 2 heterocycles. The van der Waals surface area contributed by atoms with Crippen LogP contribution in [0.15, 0.2) is 57.6 Å². The maximum absolute atomic E-state index is 12.3. The molecule has 0 bridgehead atoms. The van der Waals surface area contributed by atoms with Crippen LogP contribution in [0.2, 0.25) is 0 Å². The molecule has 0 saturated heterocycles. The first-order valence-electron chi connectivity index (χ1n) is 7.72. The van der Waals surface area contributed by atoms with Crippen LogP contribution >= 0.6 is 15.9 Å². The number of nitrogens with zero attached hydrogens (tertiary/aromatic N) is 1. The number of amides is 1. The molecule has 0 aliphatic rings. The molecule has 0 aliphatic carbocycles. The number of carbonyl (C=O) groups excluding carboxylic acids is 2. The molecule has 2 aromatic heterocycles. The van der Waals surface area contributed by atoms with Crippen LogP contribution in [0.1, 0.15) is 34.4 Å². The van der Waals surface area contributed by atoms with Crippen molar-refractivity contribution in [3.05, 3.63) is 64.7 Å². The number of halogens is 1. The van der Waals surface area contributed by atoms with E-state index in [-0.39, 0.29) is 24.2 Å². The number of ketones is 1. The summed E-state index contributed by atoms with van der Waals surface area (Å²) in [5.74, 6) is -0.172. The van der Waals surface area contributed by atoms with Crippen LogP contribution in [0.25, 0.3) is 11.3 Å². The van der Waals surface area contributed by atoms with E-state index in [9.17, 15) is 9.59 Å². The third-order valence-electron chi connectivity index (χ3n) is 3.63. The van der Waals surface area contributed by atoms with Gasteiger partial charge < -0.3 is 9.73 Å². The second-order valence-corrected chi connectivity index (χ2v) is 6.57. The smallest absolute Gasteiger partial charge is 0.269 e. The van der Waals surface area contributed by atoms with Gasteiger partial charge in [-0.15, -0.1) is 0 Å². The number of H-pyrrole nitrogens is 1. The molecule has 1 atom stereocenters. The highest BCUT2D eigenvalue weighted by Gasteiger charge is 2.17. The highest BCUT2D eigenvalue weighted by atomic mass is 79.9. The van der Waals surface area contributed by atoms with Crippen LogP contribution in [0, 0.1) is 0 Å². The minimum absolute atomic E-state index is 0.155. The van der Waals surface area contributed by atoms with E-state index in [4.69, 9.17) is 4.42 Å². The molecule has 0 aliphatic heterocycles. The fraction of sp³-hybridized carbons (Fsp3) is 0.167. The van der Waals surface area contributed by atoms with Crippen molar-refractivity contribution in [1.29, 1.82) is 0 Å². The number of rotatable bonds is 6. The molecule has 0 unspecified atom stereocenters. The van der Waals surface area contributed by atoms with Crippen LogP contribution in [-0.4, -0.2) is 27.9 Å². The Balaban J connectivity index is 1.61. The van der Waals surface area contributed by atoms with E-state index in [2.05, 4.69) is 31.4 Å². The second kappa shape index (κ2) is 7.48. The zero-order valence-corrected chi connectivity index (χ0v) is 15.0. The van der Waals surface area contributed by atoms with E-state index in [0.717, 1.165) is 10.0 Å². The SMILES string of the molecule is C[C@H](CC(=O)c1ccco1)NC(=O)c1cc(-c2ccc(Br)cc2)n[nH]1. The van der Waals surface area contributed by atoms with Crippen LogP contribution in [0.3, 0.4) is 0 Å². The molecule has 0 fully saturated rings. The van der Waals surface area contributed by atoms with Gasteiger partial charge in [-0.2, -0.15) is 5.10 Å². The number of nitrogens with one attached hydrogen (secondary N) is 2. The normalized spacial score (nSPS) is 11.9. The zero-order valence-electron chi connectivity index (χ0n) is 13.5. The minimum Gasteiger partial charge on any atom is -0.461 e. The van der Waals surface area contributed by atoms with Gasteiger partial charge >= 0.3 is 0 Å². The summed E-state index contributed by atoms with van der Waals surface area (Å²) in [5.41, 5.74) is 1.92. The summed E-state index contributed by atoms with van der Waals surface area (Å²) in [5, 5.41) is 9.67. The molecule has 25 heavy (non-hydrogen) atoms. The van der Waals surface area contributed by atoms with Crippen LogP contribution in [0.5, 0.6) is 0 Å². The minimum atomic E-state index is -0.329. The number of hydrogen-bond donors (Lipinski definition) is 2. The fourth-order valence-corrected chi connectivity index (χ4v) is 2.64. The molecule has 2 N–H and O–H groups in total. The molecule has 6 nitrogen and oxygen atoms in total. The number of Topliss-reactive ketones (excluding diaryl/α,β-unsaturated/α-hetero) is 1. The number of hydrogen-bond acceptors (Lipinski definition) is 4. The van der Waals surface area contributed by atoms with Crippen molar-refractivity contribution >= 4 is 27.6 Å². The van der Waals surface area contributed by atoms with E-state index in [1.165, 1.54) is 6.26 Å². The molecule has 3 aromatic rings. The Bertz CT molecular complexity index is 869. The third-order valence-corrected chi connectivity index (χ3v) is 4.16. The lowest BCUT2D eigenvalue weighted by Crippen LogP contribution is -2.34. The monoisotopic (exact) mass is 401 g/mol. The predicted molar refractivity (Wildman–Crippen MR) is 96.3 cm³/mol. The molecular weight excluding hydrogens is 386 g/mol. The number of aromatic amines is 1. The number of benzene rings is 1. The molecule has 0 saturated carbocycles. The van der Waals surface area contributed by atoms with E-state index in [1.807, 2.05) is 24.3 Å². The summed E-state index contributed by atoms with van der Waals surface area (Å²) >= 11 is 3.38. The molecule has 1 aromatic carbocycles. The van der Waals surface area contributed by atoms with Crippen molar-refractivity contribution in [3.8, 4) is 11.3 Å². The van der Waals surface area contributed by atoms with Crippen molar-refractivity contribution in [3.63, 3.8) is 0 Å². The summed E-state index contributed by atoms with van der Waals surface area (Å²) in [6, 6.07) is 12.3. The lowest BCUT2D eigenvalue weighted by atomic mass is 10.1. The topological polar surface area (TPSA) is 88.0 Å². The van der Waals surface area contributed by atoms with Gasteiger partial charge in [-0.05, 0) is 37.3 Å². The average molecular weight is 402 g/mol. The Labute approximate surface area is 152 Å². The van der Waals surface area contributed by atoms with Crippen molar-refractivity contribution in [2.24, 2.45) is 0 Å². The number of furan rings is 1. The summed E-state index contributed by atoms with van der Waals surface area (Å²) < 4.78 is 6.04. The predicted octanol–water partition coefficient (Wildman–Crippen LogP) is 3.82. The summed E-state index contributed by atoms with van der Waals surface area (Å²) in [6.07, 6.45) is 1.61. The van der Waals surface area contributed by atoms with E-state index in [0.29, 0.717) is 17.1 Å². The molecule has 0 radical (unpaired) electrons. The summed E-state index contributed by atoms with van der Waals surface area (Å²) in [7, 11) is 0. The van der Waals surface area contributed by atoms with Crippen molar-refractivity contribution in [2.75, 3.05) is 0 Å². The van der Waals surface area contributed by atoms with Crippen molar-refractivity contribution in [1.82, 2.24) is 15.5 Å². The van der Waals surface area contributed by atoms with Gasteiger partial charge in [-0.1, -0.05) is 28.1 Å². The lowest BCUT2D eigenvalue weighted by Gasteiger charge is -2.11. The van der Waals surface area contributed by atoms with Gasteiger partial charge in [0.05, 0.1) is 12.0 Å². The van der Waals surface area contributed by atoms with Crippen molar-refractivity contribution in [2.45, 2.75) is 19.4 Å². The molecule has 0 spiro atoms. The van der Waals surface area contributed by atoms with Crippen LogP contribution < -0.4 is 5.32 Å². The zero-order chi connectivity index (χ0) is 17.8. The van der Waals surface area contributed by atoms with E-state index < -0.39 is 0 Å². The van der Waals surface area contributed by atoms with Crippen LogP contribution in [0.4, 0.5) is 0 Å². The maximum atomic E-state index is 12.3. The highest BCUT2D eigenvalue weighted by Crippen LogP contribution is 2.20. The molecule has 3 rings (SSSR count). The second-order valence-electron chi connectivity index (χ2n) is 5.65. The Hall–Kier alpha value is -2.67. The van der Waals surface area contributed by atoms with Gasteiger partial charge in [0.25, 0.3) is 5.91 Å². The van der Waals surface area contributed by atoms with E-state index in [1.54, 1.807) is 25.1 Å². The summed E-state index contributed by atoms with van der Waals surface area (Å²) in [6.45, 7) is 1.77. The number of aromatic nitrogens is 2. The maximum Gasteiger partial charge on any atom is 0.269 e. The molecule has 1 amide bonds.